The lowest BCUT2D eigenvalue weighted by Gasteiger charge is -2.69. The molecule has 5 aliphatic rings. The summed E-state index contributed by atoms with van der Waals surface area (Å²) in [6.45, 7) is 27.3. The third-order valence-corrected chi connectivity index (χ3v) is 10.5. The van der Waals surface area contributed by atoms with Crippen LogP contribution in [0.2, 0.25) is 0 Å². The van der Waals surface area contributed by atoms with Crippen molar-refractivity contribution in [1.29, 1.82) is 0 Å². The first-order valence-corrected chi connectivity index (χ1v) is 12.5. The second-order valence-electron chi connectivity index (χ2n) is 12.5. The summed E-state index contributed by atoms with van der Waals surface area (Å²) >= 11 is 0. The monoisotopic (exact) mass is 418 g/mol. The zero-order valence-electron chi connectivity index (χ0n) is 20.2. The van der Waals surface area contributed by atoms with Crippen molar-refractivity contribution < 1.29 is 0 Å². The van der Waals surface area contributed by atoms with Gasteiger partial charge in [-0.15, -0.1) is 0 Å². The number of hydrogen-bond donors (Lipinski definition) is 3. The van der Waals surface area contributed by atoms with E-state index >= 15 is 0 Å². The Labute approximate surface area is 184 Å². The van der Waals surface area contributed by atoms with Gasteiger partial charge in [0.05, 0.1) is 5.54 Å². The molecule has 5 heterocycles. The zero-order valence-corrected chi connectivity index (χ0v) is 20.2. The highest BCUT2D eigenvalue weighted by molar-refractivity contribution is 5.22. The van der Waals surface area contributed by atoms with E-state index in [1.165, 1.54) is 65.2 Å². The molecular weight excluding hydrogens is 372 g/mol. The first kappa shape index (κ1) is 21.6. The van der Waals surface area contributed by atoms with E-state index in [2.05, 4.69) is 65.3 Å². The quantitative estimate of drug-likeness (QED) is 0.614. The van der Waals surface area contributed by atoms with E-state index in [-0.39, 0.29) is 16.6 Å². The van der Waals surface area contributed by atoms with Crippen molar-refractivity contribution in [3.63, 3.8) is 0 Å². The van der Waals surface area contributed by atoms with E-state index in [1.54, 1.807) is 0 Å². The topological polar surface area (TPSA) is 45.8 Å². The van der Waals surface area contributed by atoms with Crippen LogP contribution >= 0.6 is 0 Å². The molecule has 0 aromatic rings. The van der Waals surface area contributed by atoms with Crippen molar-refractivity contribution in [1.82, 2.24) is 30.7 Å². The highest BCUT2D eigenvalue weighted by Crippen LogP contribution is 2.52. The molecule has 2 spiro atoms. The van der Waals surface area contributed by atoms with Crippen LogP contribution in [-0.2, 0) is 0 Å². The van der Waals surface area contributed by atoms with Crippen molar-refractivity contribution in [2.24, 2.45) is 10.8 Å². The van der Waals surface area contributed by atoms with Gasteiger partial charge < -0.3 is 16.0 Å². The molecule has 5 saturated heterocycles. The van der Waals surface area contributed by atoms with Gasteiger partial charge in [-0.25, -0.2) is 0 Å². The van der Waals surface area contributed by atoms with Crippen LogP contribution in [0.3, 0.4) is 0 Å². The van der Waals surface area contributed by atoms with Crippen molar-refractivity contribution in [3.8, 4) is 0 Å². The molecule has 3 N–H and O–H groups in total. The van der Waals surface area contributed by atoms with E-state index in [0.29, 0.717) is 10.8 Å². The Hall–Kier alpha value is -0.240. The van der Waals surface area contributed by atoms with Crippen molar-refractivity contribution in [3.05, 3.63) is 0 Å². The molecule has 5 rings (SSSR count). The lowest BCUT2D eigenvalue weighted by Crippen LogP contribution is -2.83. The van der Waals surface area contributed by atoms with Gasteiger partial charge in [-0.2, -0.15) is 0 Å². The van der Waals surface area contributed by atoms with Crippen LogP contribution in [0.15, 0.2) is 0 Å². The fourth-order valence-electron chi connectivity index (χ4n) is 7.69. The zero-order chi connectivity index (χ0) is 21.3. The van der Waals surface area contributed by atoms with Crippen LogP contribution in [0.4, 0.5) is 0 Å². The number of piperazine rings is 1. The van der Waals surface area contributed by atoms with E-state index in [1.807, 2.05) is 0 Å². The maximum absolute atomic E-state index is 3.65. The van der Waals surface area contributed by atoms with Gasteiger partial charge in [0.25, 0.3) is 0 Å². The third-order valence-electron chi connectivity index (χ3n) is 10.5. The Morgan fingerprint density at radius 3 is 1.70 bits per heavy atom. The van der Waals surface area contributed by atoms with Gasteiger partial charge in [-0.1, -0.05) is 0 Å². The average molecular weight is 419 g/mol. The fraction of sp³-hybridized carbons (Fsp3) is 1.00. The maximum Gasteiger partial charge on any atom is 0.0538 e. The summed E-state index contributed by atoms with van der Waals surface area (Å²) in [5.41, 5.74) is 1.39. The molecule has 5 aliphatic heterocycles. The number of nitrogens with zero attached hydrogens (tertiary/aromatic N) is 3. The molecule has 6 heteroatoms. The Balaban J connectivity index is 1.46. The molecule has 0 bridgehead atoms. The van der Waals surface area contributed by atoms with Gasteiger partial charge in [0.2, 0.25) is 0 Å². The molecule has 0 amide bonds. The van der Waals surface area contributed by atoms with Gasteiger partial charge in [-0.3, -0.25) is 14.7 Å². The van der Waals surface area contributed by atoms with Gasteiger partial charge >= 0.3 is 0 Å². The van der Waals surface area contributed by atoms with Gasteiger partial charge in [-0.05, 0) is 60.5 Å². The molecule has 0 aromatic carbocycles. The summed E-state index contributed by atoms with van der Waals surface area (Å²) in [6, 6.07) is 0. The highest BCUT2D eigenvalue weighted by atomic mass is 15.4. The number of hydrogen-bond acceptors (Lipinski definition) is 6. The molecular formula is C24H46N6. The molecule has 5 fully saturated rings. The Morgan fingerprint density at radius 2 is 1.17 bits per heavy atom. The first-order chi connectivity index (χ1) is 14.1. The SMILES string of the molecule is CC(C)(N1CCNCC1)C(C)(N1CC2(CCNC2)C1)C(C)(C)N1CCC2(CNC2)C1. The lowest BCUT2D eigenvalue weighted by molar-refractivity contribution is -0.182. The van der Waals surface area contributed by atoms with Crippen LogP contribution in [0.5, 0.6) is 0 Å². The van der Waals surface area contributed by atoms with Crippen molar-refractivity contribution in [2.45, 2.75) is 64.1 Å². The van der Waals surface area contributed by atoms with Crippen LogP contribution in [0, 0.1) is 10.8 Å². The smallest absolute Gasteiger partial charge is 0.0538 e. The number of rotatable bonds is 5. The Morgan fingerprint density at radius 1 is 0.567 bits per heavy atom. The molecule has 30 heavy (non-hydrogen) atoms. The summed E-state index contributed by atoms with van der Waals surface area (Å²) in [4.78, 5) is 8.56. The average Bonchev–Trinajstić information content (AvgIpc) is 3.34. The Kier molecular flexibility index (Phi) is 5.13. The van der Waals surface area contributed by atoms with Gasteiger partial charge in [0.1, 0.15) is 0 Å². The van der Waals surface area contributed by atoms with Gasteiger partial charge in [0, 0.05) is 87.4 Å². The fourth-order valence-corrected chi connectivity index (χ4v) is 7.69. The molecule has 0 aliphatic carbocycles. The summed E-state index contributed by atoms with van der Waals surface area (Å²) in [7, 11) is 0. The van der Waals surface area contributed by atoms with Crippen molar-refractivity contribution >= 4 is 0 Å². The van der Waals surface area contributed by atoms with E-state index < -0.39 is 0 Å². The summed E-state index contributed by atoms with van der Waals surface area (Å²) < 4.78 is 0. The number of likely N-dealkylation sites (tertiary alicyclic amines) is 2. The minimum atomic E-state index is 0.0912. The first-order valence-electron chi connectivity index (χ1n) is 12.5. The largest absolute Gasteiger partial charge is 0.316 e. The molecule has 1 atom stereocenters. The standard InChI is InChI=1S/C24H46N6/c1-20(2,28-12-9-25-10-13-28)22(5,30-18-24(19-30)6-8-26-16-24)21(3,4)29-11-7-23(17-29)14-27-15-23/h25-27H,6-19H2,1-5H3. The van der Waals surface area contributed by atoms with Crippen LogP contribution < -0.4 is 16.0 Å². The van der Waals surface area contributed by atoms with E-state index in [9.17, 15) is 0 Å². The summed E-state index contributed by atoms with van der Waals surface area (Å²) in [6.07, 6.45) is 2.72. The van der Waals surface area contributed by atoms with E-state index in [4.69, 9.17) is 0 Å². The molecule has 0 aromatic heterocycles. The summed E-state index contributed by atoms with van der Waals surface area (Å²) in [5.74, 6) is 0. The molecule has 172 valence electrons. The second-order valence-corrected chi connectivity index (χ2v) is 12.5. The molecule has 0 radical (unpaired) electrons. The molecule has 1 unspecified atom stereocenters. The van der Waals surface area contributed by atoms with Crippen LogP contribution in [-0.4, -0.2) is 110 Å². The predicted molar refractivity (Wildman–Crippen MR) is 124 cm³/mol. The predicted octanol–water partition coefficient (Wildman–Crippen LogP) is 0.798. The molecule has 6 nitrogen and oxygen atoms in total. The summed E-state index contributed by atoms with van der Waals surface area (Å²) in [5, 5.41) is 10.8. The minimum absolute atomic E-state index is 0.0912. The molecule has 0 saturated carbocycles. The van der Waals surface area contributed by atoms with Crippen molar-refractivity contribution in [2.75, 3.05) is 78.5 Å². The van der Waals surface area contributed by atoms with Crippen LogP contribution in [0.25, 0.3) is 0 Å². The third kappa shape index (κ3) is 2.97. The van der Waals surface area contributed by atoms with Gasteiger partial charge in [0.15, 0.2) is 0 Å². The minimum Gasteiger partial charge on any atom is -0.316 e. The maximum atomic E-state index is 3.65. The normalized spacial score (nSPS) is 32.3. The van der Waals surface area contributed by atoms with E-state index in [0.717, 1.165) is 26.2 Å². The highest BCUT2D eigenvalue weighted by Gasteiger charge is 2.65. The number of nitrogens with one attached hydrogen (secondary N) is 3. The lowest BCUT2D eigenvalue weighted by atomic mass is 9.61. The Bertz CT molecular complexity index is 636. The van der Waals surface area contributed by atoms with Crippen LogP contribution in [0.1, 0.15) is 47.5 Å². The second kappa shape index (κ2) is 7.13.